The molecule has 20 heavy (non-hydrogen) atoms. The smallest absolute Gasteiger partial charge is 0.240 e. The fourth-order valence-electron chi connectivity index (χ4n) is 2.78. The third kappa shape index (κ3) is 2.60. The second-order valence-corrected chi connectivity index (χ2v) is 7.69. The molecule has 0 heterocycles. The Kier molecular flexibility index (Phi) is 3.35. The highest BCUT2D eigenvalue weighted by molar-refractivity contribution is 7.89. The van der Waals surface area contributed by atoms with Gasteiger partial charge >= 0.3 is 0 Å². The largest absolute Gasteiger partial charge is 0.326 e. The van der Waals surface area contributed by atoms with E-state index >= 15 is 0 Å². The zero-order chi connectivity index (χ0) is 14.4. The zero-order valence-electron chi connectivity index (χ0n) is 11.2. The Hall–Kier alpha value is -0.980. The molecule has 110 valence electrons. The predicted molar refractivity (Wildman–Crippen MR) is 73.9 cm³/mol. The summed E-state index contributed by atoms with van der Waals surface area (Å²) in [6.45, 7) is 0.483. The molecule has 1 aromatic rings. The van der Waals surface area contributed by atoms with Crippen molar-refractivity contribution in [2.75, 3.05) is 6.54 Å². The van der Waals surface area contributed by atoms with E-state index in [2.05, 4.69) is 4.72 Å². The molecule has 0 aliphatic heterocycles. The molecule has 2 fully saturated rings. The van der Waals surface area contributed by atoms with Crippen LogP contribution in [-0.4, -0.2) is 15.0 Å². The molecule has 0 bridgehead atoms. The first-order valence-electron chi connectivity index (χ1n) is 6.95. The Morgan fingerprint density at radius 1 is 1.35 bits per heavy atom. The number of nitrogens with one attached hydrogen (secondary N) is 1. The summed E-state index contributed by atoms with van der Waals surface area (Å²) in [5.74, 6) is 0.223. The van der Waals surface area contributed by atoms with Crippen molar-refractivity contribution in [1.82, 2.24) is 4.72 Å². The Morgan fingerprint density at radius 2 is 2.05 bits per heavy atom. The molecule has 3 rings (SSSR count). The first-order chi connectivity index (χ1) is 9.47. The van der Waals surface area contributed by atoms with Crippen molar-refractivity contribution >= 4 is 10.0 Å². The topological polar surface area (TPSA) is 72.2 Å². The van der Waals surface area contributed by atoms with Crippen LogP contribution in [0.3, 0.4) is 0 Å². The molecule has 0 radical (unpaired) electrons. The van der Waals surface area contributed by atoms with Crippen molar-refractivity contribution in [3.63, 3.8) is 0 Å². The molecule has 4 nitrogen and oxygen atoms in total. The molecular weight excluding hydrogens is 279 g/mol. The monoisotopic (exact) mass is 298 g/mol. The van der Waals surface area contributed by atoms with Gasteiger partial charge in [0.25, 0.3) is 0 Å². The minimum atomic E-state index is -3.58. The molecule has 2 saturated carbocycles. The van der Waals surface area contributed by atoms with Gasteiger partial charge in [-0.25, -0.2) is 17.5 Å². The highest BCUT2D eigenvalue weighted by atomic mass is 32.2. The summed E-state index contributed by atoms with van der Waals surface area (Å²) >= 11 is 0. The number of benzene rings is 1. The Labute approximate surface area is 118 Å². The van der Waals surface area contributed by atoms with Crippen molar-refractivity contribution in [3.05, 3.63) is 29.6 Å². The normalized spacial score (nSPS) is 20.9. The van der Waals surface area contributed by atoms with E-state index in [0.717, 1.165) is 18.9 Å². The number of halogens is 1. The zero-order valence-corrected chi connectivity index (χ0v) is 12.0. The Balaban J connectivity index is 1.74. The average Bonchev–Trinajstić information content (AvgIpc) is 3.28. The van der Waals surface area contributed by atoms with Gasteiger partial charge in [-0.2, -0.15) is 0 Å². The summed E-state index contributed by atoms with van der Waals surface area (Å²) < 4.78 is 40.6. The summed E-state index contributed by atoms with van der Waals surface area (Å²) in [6, 6.07) is 3.76. The van der Waals surface area contributed by atoms with Crippen LogP contribution < -0.4 is 10.5 Å². The van der Waals surface area contributed by atoms with Gasteiger partial charge in [0.15, 0.2) is 0 Å². The first-order valence-corrected chi connectivity index (χ1v) is 8.43. The number of hydrogen-bond acceptors (Lipinski definition) is 3. The fourth-order valence-corrected chi connectivity index (χ4v) is 3.97. The number of rotatable bonds is 6. The Bertz CT molecular complexity index is 622. The van der Waals surface area contributed by atoms with E-state index in [9.17, 15) is 12.8 Å². The van der Waals surface area contributed by atoms with Crippen molar-refractivity contribution in [1.29, 1.82) is 0 Å². The van der Waals surface area contributed by atoms with Crippen LogP contribution in [-0.2, 0) is 16.6 Å². The second kappa shape index (κ2) is 4.79. The maximum Gasteiger partial charge on any atom is 0.240 e. The van der Waals surface area contributed by atoms with E-state index in [1.165, 1.54) is 25.0 Å². The molecule has 6 heteroatoms. The van der Waals surface area contributed by atoms with Gasteiger partial charge in [-0.3, -0.25) is 0 Å². The van der Waals surface area contributed by atoms with Gasteiger partial charge in [-0.05, 0) is 55.2 Å². The first kappa shape index (κ1) is 14.0. The molecule has 3 N–H and O–H groups in total. The van der Waals surface area contributed by atoms with Crippen molar-refractivity contribution in [2.45, 2.75) is 37.1 Å². The molecule has 0 unspecified atom stereocenters. The lowest BCUT2D eigenvalue weighted by Gasteiger charge is -2.15. The number of hydrogen-bond donors (Lipinski definition) is 2. The van der Waals surface area contributed by atoms with E-state index in [1.807, 2.05) is 0 Å². The van der Waals surface area contributed by atoms with Crippen molar-refractivity contribution in [3.8, 4) is 0 Å². The quantitative estimate of drug-likeness (QED) is 0.840. The van der Waals surface area contributed by atoms with Crippen LogP contribution in [0.4, 0.5) is 4.39 Å². The lowest BCUT2D eigenvalue weighted by molar-refractivity contribution is 0.432. The van der Waals surface area contributed by atoms with E-state index in [0.29, 0.717) is 12.5 Å². The highest BCUT2D eigenvalue weighted by Crippen LogP contribution is 2.60. The van der Waals surface area contributed by atoms with Crippen LogP contribution in [0, 0.1) is 17.2 Å². The maximum atomic E-state index is 13.4. The van der Waals surface area contributed by atoms with Gasteiger partial charge in [0, 0.05) is 18.7 Å². The highest BCUT2D eigenvalue weighted by Gasteiger charge is 2.53. The lowest BCUT2D eigenvalue weighted by Crippen LogP contribution is -2.31. The van der Waals surface area contributed by atoms with Crippen LogP contribution in [0.1, 0.15) is 31.2 Å². The van der Waals surface area contributed by atoms with E-state index in [1.54, 1.807) is 0 Å². The van der Waals surface area contributed by atoms with Gasteiger partial charge in [0.05, 0.1) is 4.90 Å². The van der Waals surface area contributed by atoms with Gasteiger partial charge < -0.3 is 5.73 Å². The second-order valence-electron chi connectivity index (χ2n) is 5.92. The third-order valence-electron chi connectivity index (χ3n) is 4.50. The minimum Gasteiger partial charge on any atom is -0.326 e. The molecule has 2 aliphatic rings. The third-order valence-corrected chi connectivity index (χ3v) is 5.90. The predicted octanol–water partition coefficient (Wildman–Crippen LogP) is 1.75. The average molecular weight is 298 g/mol. The summed E-state index contributed by atoms with van der Waals surface area (Å²) in [4.78, 5) is 0.0888. The number of nitrogens with two attached hydrogens (primary N) is 1. The molecular formula is C14H19FN2O2S. The van der Waals surface area contributed by atoms with Crippen molar-refractivity contribution < 1.29 is 12.8 Å². The summed E-state index contributed by atoms with van der Waals surface area (Å²) in [5, 5.41) is 0. The molecule has 0 aromatic heterocycles. The number of sulfonamides is 1. The van der Waals surface area contributed by atoms with Gasteiger partial charge in [0.1, 0.15) is 5.82 Å². The van der Waals surface area contributed by atoms with Crippen molar-refractivity contribution in [2.24, 2.45) is 17.1 Å². The van der Waals surface area contributed by atoms with Gasteiger partial charge in [0.2, 0.25) is 10.0 Å². The van der Waals surface area contributed by atoms with Gasteiger partial charge in [-0.1, -0.05) is 0 Å². The van der Waals surface area contributed by atoms with Crippen LogP contribution in [0.25, 0.3) is 0 Å². The van der Waals surface area contributed by atoms with Crippen LogP contribution in [0.2, 0.25) is 0 Å². The van der Waals surface area contributed by atoms with Crippen LogP contribution >= 0.6 is 0 Å². The Morgan fingerprint density at radius 3 is 2.60 bits per heavy atom. The van der Waals surface area contributed by atoms with E-state index < -0.39 is 15.8 Å². The summed E-state index contributed by atoms with van der Waals surface area (Å²) in [7, 11) is -3.58. The summed E-state index contributed by atoms with van der Waals surface area (Å²) in [6.07, 6.45) is 4.65. The molecule has 2 aliphatic carbocycles. The van der Waals surface area contributed by atoms with Crippen LogP contribution in [0.5, 0.6) is 0 Å². The molecule has 0 amide bonds. The molecule has 0 spiro atoms. The lowest BCUT2D eigenvalue weighted by atomic mass is 10.0. The van der Waals surface area contributed by atoms with E-state index in [4.69, 9.17) is 5.73 Å². The standard InChI is InChI=1S/C14H19FN2O2S/c15-13-4-3-12(7-10(13)8-16)20(18,19)17-9-14(5-6-14)11-1-2-11/h3-4,7,11,17H,1-2,5-6,8-9,16H2. The summed E-state index contributed by atoms with van der Waals surface area (Å²) in [5.41, 5.74) is 5.83. The van der Waals surface area contributed by atoms with E-state index in [-0.39, 0.29) is 22.4 Å². The fraction of sp³-hybridized carbons (Fsp3) is 0.571. The minimum absolute atomic E-state index is 0.0127. The molecule has 0 saturated heterocycles. The molecule has 0 atom stereocenters. The molecule has 1 aromatic carbocycles. The SMILES string of the molecule is NCc1cc(S(=O)(=O)NCC2(C3CC3)CC2)ccc1F. The maximum absolute atomic E-state index is 13.4. The van der Waals surface area contributed by atoms with Gasteiger partial charge in [-0.15, -0.1) is 0 Å². The van der Waals surface area contributed by atoms with Crippen LogP contribution in [0.15, 0.2) is 23.1 Å².